The Hall–Kier alpha value is -1.49. The molecule has 15 heavy (non-hydrogen) atoms. The van der Waals surface area contributed by atoms with Crippen LogP contribution in [0.25, 0.3) is 0 Å². The summed E-state index contributed by atoms with van der Waals surface area (Å²) in [5, 5.41) is 0. The molecule has 0 aliphatic heterocycles. The molecule has 1 heterocycles. The average Bonchev–Trinajstić information content (AvgIpc) is 2.28. The van der Waals surface area contributed by atoms with Crippen LogP contribution in [0.4, 0.5) is 0 Å². The van der Waals surface area contributed by atoms with Crippen LogP contribution in [0.3, 0.4) is 0 Å². The van der Waals surface area contributed by atoms with E-state index < -0.39 is 5.60 Å². The number of ether oxygens (including phenoxy) is 2. The van der Waals surface area contributed by atoms with Gasteiger partial charge >= 0.3 is 0 Å². The first-order chi connectivity index (χ1) is 7.03. The van der Waals surface area contributed by atoms with E-state index in [9.17, 15) is 4.79 Å². The number of rotatable bonds is 4. The molecular weight excluding hydrogens is 196 g/mol. The first-order valence-electron chi connectivity index (χ1n) is 4.48. The van der Waals surface area contributed by atoms with Gasteiger partial charge in [-0.15, -0.1) is 0 Å². The molecule has 1 aromatic heterocycles. The summed E-state index contributed by atoms with van der Waals surface area (Å²) in [6.07, 6.45) is 2.91. The van der Waals surface area contributed by atoms with E-state index >= 15 is 0 Å². The maximum atomic E-state index is 12.0. The standard InChI is InChI=1S/C10H14N2O3/c1-10(2,15-4)8(13)7-9(14-3)12-6-5-11-7/h5-6H,1-4H3. The minimum Gasteiger partial charge on any atom is -0.479 e. The van der Waals surface area contributed by atoms with Crippen molar-refractivity contribution < 1.29 is 14.3 Å². The third kappa shape index (κ3) is 2.30. The highest BCUT2D eigenvalue weighted by Crippen LogP contribution is 2.20. The number of ketones is 1. The van der Waals surface area contributed by atoms with Gasteiger partial charge in [0.05, 0.1) is 7.11 Å². The molecule has 0 unspecified atom stereocenters. The third-order valence-electron chi connectivity index (χ3n) is 2.13. The normalized spacial score (nSPS) is 11.2. The van der Waals surface area contributed by atoms with Gasteiger partial charge in [0.25, 0.3) is 0 Å². The first kappa shape index (κ1) is 11.6. The summed E-state index contributed by atoms with van der Waals surface area (Å²) in [4.78, 5) is 19.8. The number of methoxy groups -OCH3 is 2. The third-order valence-corrected chi connectivity index (χ3v) is 2.13. The molecule has 82 valence electrons. The summed E-state index contributed by atoms with van der Waals surface area (Å²) in [5.41, 5.74) is -0.740. The molecule has 0 saturated carbocycles. The van der Waals surface area contributed by atoms with Gasteiger partial charge in [-0.25, -0.2) is 9.97 Å². The van der Waals surface area contributed by atoms with Crippen LogP contribution in [0.1, 0.15) is 24.3 Å². The van der Waals surface area contributed by atoms with Crippen LogP contribution in [-0.2, 0) is 4.74 Å². The van der Waals surface area contributed by atoms with Gasteiger partial charge in [-0.05, 0) is 13.8 Å². The Morgan fingerprint density at radius 3 is 2.40 bits per heavy atom. The molecule has 0 amide bonds. The van der Waals surface area contributed by atoms with E-state index in [-0.39, 0.29) is 17.4 Å². The van der Waals surface area contributed by atoms with Gasteiger partial charge in [0.15, 0.2) is 5.69 Å². The van der Waals surface area contributed by atoms with Crippen LogP contribution in [0.15, 0.2) is 12.4 Å². The lowest BCUT2D eigenvalue weighted by Gasteiger charge is -2.20. The number of carbonyl (C=O) groups is 1. The van der Waals surface area contributed by atoms with Crippen LogP contribution in [0.5, 0.6) is 5.88 Å². The van der Waals surface area contributed by atoms with E-state index in [0.717, 1.165) is 0 Å². The fourth-order valence-electron chi connectivity index (χ4n) is 1.01. The van der Waals surface area contributed by atoms with E-state index in [1.165, 1.54) is 26.6 Å². The molecule has 0 fully saturated rings. The molecule has 0 aromatic carbocycles. The van der Waals surface area contributed by atoms with Crippen LogP contribution >= 0.6 is 0 Å². The average molecular weight is 210 g/mol. The first-order valence-corrected chi connectivity index (χ1v) is 4.48. The summed E-state index contributed by atoms with van der Waals surface area (Å²) in [7, 11) is 2.92. The number of hydrogen-bond acceptors (Lipinski definition) is 5. The van der Waals surface area contributed by atoms with Crippen molar-refractivity contribution in [3.63, 3.8) is 0 Å². The molecule has 1 aromatic rings. The van der Waals surface area contributed by atoms with Crippen molar-refractivity contribution in [1.29, 1.82) is 0 Å². The highest BCUT2D eigenvalue weighted by atomic mass is 16.5. The van der Waals surface area contributed by atoms with Crippen LogP contribution in [0, 0.1) is 0 Å². The second kappa shape index (κ2) is 4.35. The fourth-order valence-corrected chi connectivity index (χ4v) is 1.01. The molecule has 0 N–H and O–H groups in total. The van der Waals surface area contributed by atoms with Crippen molar-refractivity contribution >= 4 is 5.78 Å². The number of aromatic nitrogens is 2. The van der Waals surface area contributed by atoms with Crippen molar-refractivity contribution in [2.75, 3.05) is 14.2 Å². The largest absolute Gasteiger partial charge is 0.479 e. The Balaban J connectivity index is 3.11. The molecule has 0 saturated heterocycles. The van der Waals surface area contributed by atoms with Gasteiger partial charge in [-0.2, -0.15) is 0 Å². The zero-order valence-electron chi connectivity index (χ0n) is 9.27. The Morgan fingerprint density at radius 2 is 1.87 bits per heavy atom. The summed E-state index contributed by atoms with van der Waals surface area (Å²) in [6.45, 7) is 3.34. The molecule has 0 bridgehead atoms. The molecule has 5 heteroatoms. The van der Waals surface area contributed by atoms with Crippen molar-refractivity contribution in [3.8, 4) is 5.88 Å². The van der Waals surface area contributed by atoms with E-state index in [4.69, 9.17) is 9.47 Å². The SMILES string of the molecule is COc1nccnc1C(=O)C(C)(C)OC. The highest BCUT2D eigenvalue weighted by Gasteiger charge is 2.31. The zero-order chi connectivity index (χ0) is 11.5. The lowest BCUT2D eigenvalue weighted by Crippen LogP contribution is -2.34. The van der Waals surface area contributed by atoms with Crippen LogP contribution in [-0.4, -0.2) is 35.6 Å². The lowest BCUT2D eigenvalue weighted by atomic mass is 10.0. The molecule has 1 rings (SSSR count). The van der Waals surface area contributed by atoms with Crippen LogP contribution < -0.4 is 4.74 Å². The second-order valence-corrected chi connectivity index (χ2v) is 3.46. The van der Waals surface area contributed by atoms with Crippen molar-refractivity contribution in [1.82, 2.24) is 9.97 Å². The second-order valence-electron chi connectivity index (χ2n) is 3.46. The summed E-state index contributed by atoms with van der Waals surface area (Å²) >= 11 is 0. The Morgan fingerprint density at radius 1 is 1.27 bits per heavy atom. The fraction of sp³-hybridized carbons (Fsp3) is 0.500. The van der Waals surface area contributed by atoms with E-state index in [1.807, 2.05) is 0 Å². The molecule has 0 spiro atoms. The Bertz CT molecular complexity index is 363. The van der Waals surface area contributed by atoms with Crippen molar-refractivity contribution in [3.05, 3.63) is 18.1 Å². The van der Waals surface area contributed by atoms with Gasteiger partial charge < -0.3 is 9.47 Å². The van der Waals surface area contributed by atoms with Crippen molar-refractivity contribution in [2.24, 2.45) is 0 Å². The Kier molecular flexibility index (Phi) is 3.36. The van der Waals surface area contributed by atoms with E-state index in [0.29, 0.717) is 0 Å². The quantitative estimate of drug-likeness (QED) is 0.696. The topological polar surface area (TPSA) is 61.3 Å². The monoisotopic (exact) mass is 210 g/mol. The van der Waals surface area contributed by atoms with Gasteiger partial charge in [-0.1, -0.05) is 0 Å². The molecule has 0 atom stereocenters. The van der Waals surface area contributed by atoms with Crippen LogP contribution in [0.2, 0.25) is 0 Å². The molecular formula is C10H14N2O3. The number of hydrogen-bond donors (Lipinski definition) is 0. The number of carbonyl (C=O) groups excluding carboxylic acids is 1. The van der Waals surface area contributed by atoms with Gasteiger partial charge in [0.1, 0.15) is 5.60 Å². The number of nitrogens with zero attached hydrogens (tertiary/aromatic N) is 2. The van der Waals surface area contributed by atoms with E-state index in [2.05, 4.69) is 9.97 Å². The number of Topliss-reactive ketones (excluding diaryl/α,β-unsaturated/α-hetero) is 1. The molecule has 0 aliphatic carbocycles. The molecule has 0 aliphatic rings. The Labute approximate surface area is 88.4 Å². The summed E-state index contributed by atoms with van der Waals surface area (Å²) in [6, 6.07) is 0. The minimum atomic E-state index is -0.927. The van der Waals surface area contributed by atoms with Gasteiger partial charge in [-0.3, -0.25) is 4.79 Å². The molecule has 5 nitrogen and oxygen atoms in total. The minimum absolute atomic E-state index is 0.187. The highest BCUT2D eigenvalue weighted by molar-refractivity contribution is 6.02. The molecule has 0 radical (unpaired) electrons. The summed E-state index contributed by atoms with van der Waals surface area (Å²) in [5.74, 6) is -0.0393. The van der Waals surface area contributed by atoms with Gasteiger partial charge in [0.2, 0.25) is 11.7 Å². The van der Waals surface area contributed by atoms with E-state index in [1.54, 1.807) is 13.8 Å². The zero-order valence-corrected chi connectivity index (χ0v) is 9.27. The summed E-state index contributed by atoms with van der Waals surface area (Å²) < 4.78 is 10.0. The predicted molar refractivity (Wildman–Crippen MR) is 54.0 cm³/mol. The smallest absolute Gasteiger partial charge is 0.243 e. The maximum absolute atomic E-state index is 12.0. The van der Waals surface area contributed by atoms with Crippen molar-refractivity contribution in [2.45, 2.75) is 19.4 Å². The van der Waals surface area contributed by atoms with Gasteiger partial charge in [0, 0.05) is 19.5 Å². The predicted octanol–water partition coefficient (Wildman–Crippen LogP) is 1.09. The maximum Gasteiger partial charge on any atom is 0.243 e. The lowest BCUT2D eigenvalue weighted by molar-refractivity contribution is 0.0220.